The molecule has 25 heavy (non-hydrogen) atoms. The van der Waals surface area contributed by atoms with Crippen molar-refractivity contribution in [2.24, 2.45) is 0 Å². The maximum atomic E-state index is 9.96. The molecule has 0 saturated carbocycles. The van der Waals surface area contributed by atoms with Crippen LogP contribution in [-0.4, -0.2) is 56.6 Å². The molecule has 0 aromatic rings. The van der Waals surface area contributed by atoms with E-state index in [2.05, 4.69) is 6.92 Å². The van der Waals surface area contributed by atoms with Crippen molar-refractivity contribution in [1.82, 2.24) is 0 Å². The Balaban J connectivity index is 3.52. The van der Waals surface area contributed by atoms with Crippen LogP contribution in [0.25, 0.3) is 0 Å². The number of aliphatic hydroxyl groups excluding tert-OH is 3. The number of rotatable bonds is 19. The smallest absolute Gasteiger partial charge is 0.0861 e. The summed E-state index contributed by atoms with van der Waals surface area (Å²) in [5.41, 5.74) is 0. The highest BCUT2D eigenvalue weighted by atomic mass is 32.2. The van der Waals surface area contributed by atoms with Crippen LogP contribution in [0.15, 0.2) is 0 Å². The molecular formula is C20H42O3S2. The van der Waals surface area contributed by atoms with Gasteiger partial charge in [-0.2, -0.15) is 23.5 Å². The Morgan fingerprint density at radius 1 is 0.800 bits per heavy atom. The minimum atomic E-state index is -0.588. The van der Waals surface area contributed by atoms with Crippen LogP contribution in [0, 0.1) is 0 Å². The van der Waals surface area contributed by atoms with Crippen LogP contribution >= 0.6 is 23.5 Å². The van der Waals surface area contributed by atoms with Crippen LogP contribution in [0.1, 0.15) is 84.5 Å². The van der Waals surface area contributed by atoms with Gasteiger partial charge in [0.2, 0.25) is 0 Å². The number of thioether (sulfide) groups is 2. The molecule has 0 fully saturated rings. The highest BCUT2D eigenvalue weighted by Crippen LogP contribution is 2.23. The van der Waals surface area contributed by atoms with E-state index >= 15 is 0 Å². The van der Waals surface area contributed by atoms with E-state index in [0.29, 0.717) is 11.0 Å². The van der Waals surface area contributed by atoms with Gasteiger partial charge in [-0.25, -0.2) is 0 Å². The summed E-state index contributed by atoms with van der Waals surface area (Å²) in [6.07, 6.45) is 13.5. The molecule has 0 saturated heterocycles. The van der Waals surface area contributed by atoms with Crippen LogP contribution in [0.2, 0.25) is 0 Å². The number of hydrogen-bond donors (Lipinski definition) is 3. The van der Waals surface area contributed by atoms with Gasteiger partial charge in [-0.05, 0) is 31.3 Å². The molecule has 0 aliphatic heterocycles. The Bertz CT molecular complexity index is 265. The highest BCUT2D eigenvalue weighted by molar-refractivity contribution is 8.00. The summed E-state index contributed by atoms with van der Waals surface area (Å²) in [5, 5.41) is 28.4. The predicted octanol–water partition coefficient (Wildman–Crippen LogP) is 4.87. The van der Waals surface area contributed by atoms with E-state index in [9.17, 15) is 10.2 Å². The van der Waals surface area contributed by atoms with E-state index in [4.69, 9.17) is 5.11 Å². The molecular weight excluding hydrogens is 352 g/mol. The Labute approximate surface area is 164 Å². The molecule has 0 bridgehead atoms. The first-order valence-corrected chi connectivity index (χ1v) is 12.5. The van der Waals surface area contributed by atoms with Crippen molar-refractivity contribution in [2.45, 2.75) is 102 Å². The quantitative estimate of drug-likeness (QED) is 0.273. The van der Waals surface area contributed by atoms with Crippen molar-refractivity contribution < 1.29 is 15.3 Å². The average molecular weight is 395 g/mol. The zero-order chi connectivity index (χ0) is 18.8. The van der Waals surface area contributed by atoms with Gasteiger partial charge in [-0.3, -0.25) is 0 Å². The standard InChI is InChI=1S/C20H42O3S2/c1-3-4-5-6-7-8-9-10-11-13-20(18(2)22)25-15-12-14-24-17-19(23)16-21/h18-23H,3-17H2,1-2H3. The second-order valence-corrected chi connectivity index (χ2v) is 9.53. The van der Waals surface area contributed by atoms with Crippen LogP contribution in [0.3, 0.4) is 0 Å². The van der Waals surface area contributed by atoms with E-state index < -0.39 is 6.10 Å². The Morgan fingerprint density at radius 3 is 1.96 bits per heavy atom. The molecule has 152 valence electrons. The Kier molecular flexibility index (Phi) is 19.8. The molecule has 0 amide bonds. The molecule has 0 aliphatic rings. The van der Waals surface area contributed by atoms with E-state index in [0.717, 1.165) is 24.3 Å². The van der Waals surface area contributed by atoms with E-state index in [1.807, 2.05) is 18.7 Å². The van der Waals surface area contributed by atoms with Gasteiger partial charge in [0.15, 0.2) is 0 Å². The van der Waals surface area contributed by atoms with Crippen LogP contribution in [0.4, 0.5) is 0 Å². The second-order valence-electron chi connectivity index (χ2n) is 7.03. The van der Waals surface area contributed by atoms with E-state index in [1.165, 1.54) is 57.8 Å². The molecule has 0 aromatic heterocycles. The highest BCUT2D eigenvalue weighted by Gasteiger charge is 2.14. The third-order valence-electron chi connectivity index (χ3n) is 4.42. The topological polar surface area (TPSA) is 60.7 Å². The molecule has 3 N–H and O–H groups in total. The summed E-state index contributed by atoms with van der Waals surface area (Å²) < 4.78 is 0. The predicted molar refractivity (Wildman–Crippen MR) is 115 cm³/mol. The lowest BCUT2D eigenvalue weighted by molar-refractivity contribution is 0.113. The lowest BCUT2D eigenvalue weighted by Crippen LogP contribution is -2.20. The van der Waals surface area contributed by atoms with Crippen molar-refractivity contribution >= 4 is 23.5 Å². The van der Waals surface area contributed by atoms with Crippen LogP contribution < -0.4 is 0 Å². The Morgan fingerprint density at radius 2 is 1.40 bits per heavy atom. The van der Waals surface area contributed by atoms with Crippen LogP contribution in [0.5, 0.6) is 0 Å². The summed E-state index contributed by atoms with van der Waals surface area (Å²) in [5.74, 6) is 2.68. The number of unbranched alkanes of at least 4 members (excludes halogenated alkanes) is 8. The van der Waals surface area contributed by atoms with Crippen molar-refractivity contribution in [3.05, 3.63) is 0 Å². The SMILES string of the molecule is CCCCCCCCCCCC(SCCCSCC(O)CO)C(C)O. The minimum Gasteiger partial charge on any atom is -0.394 e. The number of aliphatic hydroxyl groups is 3. The van der Waals surface area contributed by atoms with Crippen molar-refractivity contribution in [1.29, 1.82) is 0 Å². The van der Waals surface area contributed by atoms with Crippen molar-refractivity contribution in [3.63, 3.8) is 0 Å². The third-order valence-corrected chi connectivity index (χ3v) is 7.20. The van der Waals surface area contributed by atoms with Gasteiger partial charge in [0.1, 0.15) is 0 Å². The summed E-state index contributed by atoms with van der Waals surface area (Å²) in [6, 6.07) is 0. The molecule has 0 heterocycles. The zero-order valence-electron chi connectivity index (χ0n) is 16.5. The van der Waals surface area contributed by atoms with Gasteiger partial charge in [-0.15, -0.1) is 0 Å². The van der Waals surface area contributed by atoms with Gasteiger partial charge in [0.05, 0.1) is 18.8 Å². The fourth-order valence-electron chi connectivity index (χ4n) is 2.79. The summed E-state index contributed by atoms with van der Waals surface area (Å²) in [7, 11) is 0. The summed E-state index contributed by atoms with van der Waals surface area (Å²) in [6.45, 7) is 4.03. The molecule has 0 aliphatic carbocycles. The molecule has 0 spiro atoms. The first kappa shape index (κ1) is 25.6. The molecule has 3 unspecified atom stereocenters. The second kappa shape index (κ2) is 19.3. The maximum Gasteiger partial charge on any atom is 0.0861 e. The zero-order valence-corrected chi connectivity index (χ0v) is 18.1. The fraction of sp³-hybridized carbons (Fsp3) is 1.00. The minimum absolute atomic E-state index is 0.148. The molecule has 3 atom stereocenters. The van der Waals surface area contributed by atoms with E-state index in [1.54, 1.807) is 11.8 Å². The van der Waals surface area contributed by atoms with Crippen LogP contribution in [-0.2, 0) is 0 Å². The molecule has 0 radical (unpaired) electrons. The monoisotopic (exact) mass is 394 g/mol. The molecule has 0 aromatic carbocycles. The van der Waals surface area contributed by atoms with Crippen molar-refractivity contribution in [2.75, 3.05) is 23.9 Å². The largest absolute Gasteiger partial charge is 0.394 e. The first-order chi connectivity index (χ1) is 12.1. The number of hydrogen-bond acceptors (Lipinski definition) is 5. The Hall–Kier alpha value is 0.580. The van der Waals surface area contributed by atoms with Gasteiger partial charge >= 0.3 is 0 Å². The maximum absolute atomic E-state index is 9.96. The summed E-state index contributed by atoms with van der Waals surface area (Å²) >= 11 is 3.59. The average Bonchev–Trinajstić information content (AvgIpc) is 2.60. The third kappa shape index (κ3) is 17.7. The fourth-order valence-corrected chi connectivity index (χ4v) is 5.09. The van der Waals surface area contributed by atoms with Gasteiger partial charge in [-0.1, -0.05) is 64.7 Å². The lowest BCUT2D eigenvalue weighted by Gasteiger charge is -2.19. The van der Waals surface area contributed by atoms with Gasteiger partial charge < -0.3 is 15.3 Å². The molecule has 3 nitrogen and oxygen atoms in total. The molecule has 0 rings (SSSR count). The first-order valence-electron chi connectivity index (χ1n) is 10.3. The lowest BCUT2D eigenvalue weighted by atomic mass is 10.0. The normalized spacial score (nSPS) is 15.2. The van der Waals surface area contributed by atoms with E-state index in [-0.39, 0.29) is 12.7 Å². The summed E-state index contributed by atoms with van der Waals surface area (Å²) in [4.78, 5) is 0. The van der Waals surface area contributed by atoms with Crippen molar-refractivity contribution in [3.8, 4) is 0 Å². The van der Waals surface area contributed by atoms with Gasteiger partial charge in [0.25, 0.3) is 0 Å². The molecule has 5 heteroatoms. The van der Waals surface area contributed by atoms with Gasteiger partial charge in [0, 0.05) is 11.0 Å².